The van der Waals surface area contributed by atoms with Crippen LogP contribution < -0.4 is 11.1 Å². The van der Waals surface area contributed by atoms with E-state index in [4.69, 9.17) is 22.5 Å². The topological polar surface area (TPSA) is 73.9 Å². The van der Waals surface area contributed by atoms with Crippen LogP contribution in [-0.4, -0.2) is 43.1 Å². The standard InChI is InChI=1S/C12H19ClN4O/c1-17(2)6-5-15-8-10-4-3-9(7-11(10)13)12(14)16-18/h3-4,7,15,18H,5-6,8H2,1-2H3,(H2,14,16). The van der Waals surface area contributed by atoms with Crippen LogP contribution in [0.25, 0.3) is 0 Å². The number of nitrogens with two attached hydrogens (primary N) is 1. The Labute approximate surface area is 112 Å². The normalized spacial score (nSPS) is 12.1. The highest BCUT2D eigenvalue weighted by molar-refractivity contribution is 6.31. The molecule has 1 rings (SSSR count). The summed E-state index contributed by atoms with van der Waals surface area (Å²) in [6.45, 7) is 2.56. The first kappa shape index (κ1) is 14.8. The Bertz CT molecular complexity index is 421. The molecule has 0 fully saturated rings. The van der Waals surface area contributed by atoms with E-state index >= 15 is 0 Å². The second-order valence-electron chi connectivity index (χ2n) is 4.27. The number of hydrogen-bond acceptors (Lipinski definition) is 4. The lowest BCUT2D eigenvalue weighted by Gasteiger charge is -2.11. The van der Waals surface area contributed by atoms with Crippen molar-refractivity contribution in [3.8, 4) is 0 Å². The zero-order chi connectivity index (χ0) is 13.5. The third-order valence-corrected chi connectivity index (χ3v) is 2.86. The zero-order valence-corrected chi connectivity index (χ0v) is 11.4. The molecule has 0 aromatic heterocycles. The first-order valence-electron chi connectivity index (χ1n) is 5.66. The van der Waals surface area contributed by atoms with Gasteiger partial charge in [-0.2, -0.15) is 0 Å². The van der Waals surface area contributed by atoms with Gasteiger partial charge in [0.1, 0.15) is 0 Å². The molecule has 0 spiro atoms. The SMILES string of the molecule is CN(C)CCNCc1ccc(/C(N)=N/O)cc1Cl. The van der Waals surface area contributed by atoms with Crippen LogP contribution >= 0.6 is 11.6 Å². The number of benzene rings is 1. The Morgan fingerprint density at radius 2 is 2.22 bits per heavy atom. The number of likely N-dealkylation sites (N-methyl/N-ethyl adjacent to an activating group) is 1. The van der Waals surface area contributed by atoms with Crippen molar-refractivity contribution in [1.82, 2.24) is 10.2 Å². The van der Waals surface area contributed by atoms with E-state index in [0.717, 1.165) is 18.7 Å². The Kier molecular flexibility index (Phi) is 5.91. The van der Waals surface area contributed by atoms with E-state index in [0.29, 0.717) is 17.1 Å². The average Bonchev–Trinajstić information content (AvgIpc) is 2.34. The molecule has 0 atom stereocenters. The van der Waals surface area contributed by atoms with E-state index in [-0.39, 0.29) is 5.84 Å². The lowest BCUT2D eigenvalue weighted by Crippen LogP contribution is -2.26. The Balaban J connectivity index is 2.58. The zero-order valence-electron chi connectivity index (χ0n) is 10.7. The van der Waals surface area contributed by atoms with Gasteiger partial charge in [0.05, 0.1) is 0 Å². The molecule has 0 saturated heterocycles. The molecule has 4 N–H and O–H groups in total. The number of amidine groups is 1. The molecule has 0 heterocycles. The van der Waals surface area contributed by atoms with Gasteiger partial charge >= 0.3 is 0 Å². The van der Waals surface area contributed by atoms with Crippen molar-refractivity contribution >= 4 is 17.4 Å². The smallest absolute Gasteiger partial charge is 0.170 e. The summed E-state index contributed by atoms with van der Waals surface area (Å²) in [6, 6.07) is 5.35. The minimum absolute atomic E-state index is 0.0593. The third kappa shape index (κ3) is 4.52. The van der Waals surface area contributed by atoms with E-state index < -0.39 is 0 Å². The van der Waals surface area contributed by atoms with Crippen molar-refractivity contribution in [2.45, 2.75) is 6.54 Å². The lowest BCUT2D eigenvalue weighted by atomic mass is 10.1. The van der Waals surface area contributed by atoms with Gasteiger partial charge in [-0.3, -0.25) is 0 Å². The van der Waals surface area contributed by atoms with Crippen molar-refractivity contribution in [2.24, 2.45) is 10.9 Å². The van der Waals surface area contributed by atoms with Crippen LogP contribution in [0.4, 0.5) is 0 Å². The molecule has 0 amide bonds. The van der Waals surface area contributed by atoms with E-state index in [9.17, 15) is 0 Å². The fraction of sp³-hybridized carbons (Fsp3) is 0.417. The molecular weight excluding hydrogens is 252 g/mol. The maximum Gasteiger partial charge on any atom is 0.170 e. The molecule has 1 aromatic rings. The summed E-state index contributed by atoms with van der Waals surface area (Å²) < 4.78 is 0. The predicted octanol–water partition coefficient (Wildman–Crippen LogP) is 1.09. The Hall–Kier alpha value is -1.30. The largest absolute Gasteiger partial charge is 0.409 e. The molecule has 6 heteroatoms. The molecule has 5 nitrogen and oxygen atoms in total. The average molecular weight is 271 g/mol. The number of rotatable bonds is 6. The highest BCUT2D eigenvalue weighted by Crippen LogP contribution is 2.17. The van der Waals surface area contributed by atoms with Crippen molar-refractivity contribution in [3.63, 3.8) is 0 Å². The van der Waals surface area contributed by atoms with Crippen molar-refractivity contribution in [1.29, 1.82) is 0 Å². The number of nitrogens with zero attached hydrogens (tertiary/aromatic N) is 2. The monoisotopic (exact) mass is 270 g/mol. The van der Waals surface area contributed by atoms with Crippen LogP contribution in [0, 0.1) is 0 Å². The molecule has 0 aliphatic heterocycles. The van der Waals surface area contributed by atoms with Gasteiger partial charge in [0.15, 0.2) is 5.84 Å². The first-order chi connectivity index (χ1) is 8.54. The van der Waals surface area contributed by atoms with Gasteiger partial charge in [-0.25, -0.2) is 0 Å². The second-order valence-corrected chi connectivity index (χ2v) is 4.68. The molecule has 18 heavy (non-hydrogen) atoms. The van der Waals surface area contributed by atoms with Crippen LogP contribution in [0.15, 0.2) is 23.4 Å². The van der Waals surface area contributed by atoms with Crippen LogP contribution in [0.3, 0.4) is 0 Å². The summed E-state index contributed by atoms with van der Waals surface area (Å²) in [5, 5.41) is 15.4. The minimum atomic E-state index is 0.0593. The number of oxime groups is 1. The van der Waals surface area contributed by atoms with Gasteiger partial charge < -0.3 is 21.2 Å². The van der Waals surface area contributed by atoms with E-state index in [2.05, 4.69) is 15.4 Å². The van der Waals surface area contributed by atoms with Gasteiger partial charge in [0, 0.05) is 30.2 Å². The summed E-state index contributed by atoms with van der Waals surface area (Å²) in [4.78, 5) is 2.11. The van der Waals surface area contributed by atoms with Crippen LogP contribution in [0.5, 0.6) is 0 Å². The Morgan fingerprint density at radius 3 is 2.78 bits per heavy atom. The second kappa shape index (κ2) is 7.20. The molecule has 0 saturated carbocycles. The maximum absolute atomic E-state index is 8.58. The van der Waals surface area contributed by atoms with Crippen LogP contribution in [0.1, 0.15) is 11.1 Å². The van der Waals surface area contributed by atoms with Crippen molar-refractivity contribution in [3.05, 3.63) is 34.3 Å². The highest BCUT2D eigenvalue weighted by Gasteiger charge is 2.04. The molecule has 0 bridgehead atoms. The fourth-order valence-electron chi connectivity index (χ4n) is 1.43. The van der Waals surface area contributed by atoms with Crippen molar-refractivity contribution < 1.29 is 5.21 Å². The highest BCUT2D eigenvalue weighted by atomic mass is 35.5. The van der Waals surface area contributed by atoms with Gasteiger partial charge in [0.25, 0.3) is 0 Å². The summed E-state index contributed by atoms with van der Waals surface area (Å²) >= 11 is 6.13. The Morgan fingerprint density at radius 1 is 1.50 bits per heavy atom. The predicted molar refractivity (Wildman–Crippen MR) is 74.2 cm³/mol. The summed E-state index contributed by atoms with van der Waals surface area (Å²) in [5.41, 5.74) is 7.09. The minimum Gasteiger partial charge on any atom is -0.409 e. The van der Waals surface area contributed by atoms with E-state index in [1.54, 1.807) is 12.1 Å². The number of halogens is 1. The molecule has 0 radical (unpaired) electrons. The summed E-state index contributed by atoms with van der Waals surface area (Å²) in [7, 11) is 4.06. The molecule has 1 aromatic carbocycles. The third-order valence-electron chi connectivity index (χ3n) is 2.51. The van der Waals surface area contributed by atoms with Gasteiger partial charge in [-0.15, -0.1) is 0 Å². The quantitative estimate of drug-likeness (QED) is 0.238. The van der Waals surface area contributed by atoms with Crippen LogP contribution in [-0.2, 0) is 6.54 Å². The first-order valence-corrected chi connectivity index (χ1v) is 6.04. The van der Waals surface area contributed by atoms with Crippen LogP contribution in [0.2, 0.25) is 5.02 Å². The number of hydrogen-bond donors (Lipinski definition) is 3. The molecule has 0 unspecified atom stereocenters. The van der Waals surface area contributed by atoms with Gasteiger partial charge in [-0.05, 0) is 25.7 Å². The van der Waals surface area contributed by atoms with Gasteiger partial charge in [-0.1, -0.05) is 28.9 Å². The van der Waals surface area contributed by atoms with Gasteiger partial charge in [0.2, 0.25) is 0 Å². The van der Waals surface area contributed by atoms with E-state index in [1.165, 1.54) is 0 Å². The molecule has 0 aliphatic rings. The van der Waals surface area contributed by atoms with E-state index in [1.807, 2.05) is 20.2 Å². The maximum atomic E-state index is 8.58. The number of nitrogens with one attached hydrogen (secondary N) is 1. The molecular formula is C12H19ClN4O. The molecule has 100 valence electrons. The lowest BCUT2D eigenvalue weighted by molar-refractivity contribution is 0.318. The summed E-state index contributed by atoms with van der Waals surface area (Å²) in [6.07, 6.45) is 0. The summed E-state index contributed by atoms with van der Waals surface area (Å²) in [5.74, 6) is 0.0593. The van der Waals surface area contributed by atoms with Crippen molar-refractivity contribution in [2.75, 3.05) is 27.2 Å². The fourth-order valence-corrected chi connectivity index (χ4v) is 1.68. The molecule has 0 aliphatic carbocycles.